The first-order chi connectivity index (χ1) is 11.6. The van der Waals surface area contributed by atoms with Crippen LogP contribution in [0, 0.1) is 6.92 Å². The van der Waals surface area contributed by atoms with Crippen LogP contribution < -0.4 is 10.2 Å². The van der Waals surface area contributed by atoms with Gasteiger partial charge in [-0.15, -0.1) is 0 Å². The molecule has 4 heteroatoms. The van der Waals surface area contributed by atoms with Gasteiger partial charge in [0, 0.05) is 17.8 Å². The van der Waals surface area contributed by atoms with Crippen LogP contribution >= 0.6 is 0 Å². The number of fused-ring (bicyclic) bond motifs is 1. The number of anilines is 1. The van der Waals surface area contributed by atoms with Crippen LogP contribution in [0.4, 0.5) is 5.69 Å². The van der Waals surface area contributed by atoms with Crippen molar-refractivity contribution < 1.29 is 9.59 Å². The molecule has 0 spiro atoms. The van der Waals surface area contributed by atoms with Gasteiger partial charge in [-0.3, -0.25) is 9.59 Å². The molecule has 124 valence electrons. The minimum atomic E-state index is -0.566. The Balaban J connectivity index is 1.74. The summed E-state index contributed by atoms with van der Waals surface area (Å²) in [7, 11) is 0. The lowest BCUT2D eigenvalue weighted by Crippen LogP contribution is -2.48. The number of carbonyl (C=O) groups is 2. The van der Waals surface area contributed by atoms with Crippen LogP contribution in [0.3, 0.4) is 0 Å². The summed E-state index contributed by atoms with van der Waals surface area (Å²) in [4.78, 5) is 27.0. The molecule has 0 unspecified atom stereocenters. The van der Waals surface area contributed by atoms with Gasteiger partial charge in [0.15, 0.2) is 0 Å². The third-order valence-corrected chi connectivity index (χ3v) is 4.48. The topological polar surface area (TPSA) is 49.4 Å². The zero-order valence-corrected chi connectivity index (χ0v) is 14.1. The number of nitrogens with zero attached hydrogens (tertiary/aromatic N) is 1. The van der Waals surface area contributed by atoms with Crippen molar-refractivity contribution in [1.82, 2.24) is 5.32 Å². The Morgan fingerprint density at radius 2 is 1.79 bits per heavy atom. The first-order valence-electron chi connectivity index (χ1n) is 8.33. The Kier molecular flexibility index (Phi) is 4.65. The highest BCUT2D eigenvalue weighted by atomic mass is 16.2. The summed E-state index contributed by atoms with van der Waals surface area (Å²) >= 11 is 0. The van der Waals surface area contributed by atoms with Gasteiger partial charge in [0.25, 0.3) is 5.91 Å². The number of carbonyl (C=O) groups excluding carboxylic acids is 2. The van der Waals surface area contributed by atoms with Gasteiger partial charge < -0.3 is 10.2 Å². The van der Waals surface area contributed by atoms with Crippen LogP contribution in [0.2, 0.25) is 0 Å². The summed E-state index contributed by atoms with van der Waals surface area (Å²) < 4.78 is 0. The highest BCUT2D eigenvalue weighted by molar-refractivity contribution is 6.03. The molecule has 0 saturated heterocycles. The molecule has 1 aliphatic heterocycles. The molecule has 1 atom stereocenters. The number of para-hydroxylation sites is 1. The fourth-order valence-electron chi connectivity index (χ4n) is 3.16. The van der Waals surface area contributed by atoms with Gasteiger partial charge in [-0.25, -0.2) is 0 Å². The normalized spacial score (nSPS) is 14.7. The summed E-state index contributed by atoms with van der Waals surface area (Å²) in [5.74, 6) is -0.275. The van der Waals surface area contributed by atoms with E-state index < -0.39 is 6.04 Å². The van der Waals surface area contributed by atoms with E-state index in [-0.39, 0.29) is 11.8 Å². The SMILES string of the molecule is Cc1ccccc1C(=O)N[C@@H](C)C(=O)N1CCCc2ccccc21. The van der Waals surface area contributed by atoms with Gasteiger partial charge in [0.1, 0.15) is 6.04 Å². The fraction of sp³-hybridized carbons (Fsp3) is 0.300. The van der Waals surface area contributed by atoms with Crippen LogP contribution in [-0.2, 0) is 11.2 Å². The summed E-state index contributed by atoms with van der Waals surface area (Å²) in [6, 6.07) is 14.8. The highest BCUT2D eigenvalue weighted by Crippen LogP contribution is 2.27. The average molecular weight is 322 g/mol. The van der Waals surface area contributed by atoms with Gasteiger partial charge in [-0.1, -0.05) is 36.4 Å². The molecule has 0 saturated carbocycles. The standard InChI is InChI=1S/C20H22N2O2/c1-14-8-3-5-11-17(14)19(23)21-15(2)20(24)22-13-7-10-16-9-4-6-12-18(16)22/h3-6,8-9,11-12,15H,7,10,13H2,1-2H3,(H,21,23)/t15-/m0/s1. The van der Waals surface area contributed by atoms with E-state index in [9.17, 15) is 9.59 Å². The van der Waals surface area contributed by atoms with Crippen molar-refractivity contribution in [3.8, 4) is 0 Å². The minimum absolute atomic E-state index is 0.0657. The second-order valence-corrected chi connectivity index (χ2v) is 6.23. The molecule has 2 aromatic rings. The molecule has 1 N–H and O–H groups in total. The van der Waals surface area contributed by atoms with Crippen LogP contribution in [0.25, 0.3) is 0 Å². The number of benzene rings is 2. The van der Waals surface area contributed by atoms with E-state index in [0.717, 1.165) is 24.1 Å². The van der Waals surface area contributed by atoms with Crippen LogP contribution in [-0.4, -0.2) is 24.4 Å². The maximum Gasteiger partial charge on any atom is 0.252 e. The lowest BCUT2D eigenvalue weighted by molar-refractivity contribution is -0.120. The van der Waals surface area contributed by atoms with Crippen LogP contribution in [0.5, 0.6) is 0 Å². The Morgan fingerprint density at radius 3 is 2.58 bits per heavy atom. The van der Waals surface area contributed by atoms with Crippen molar-refractivity contribution in [3.05, 3.63) is 65.2 Å². The quantitative estimate of drug-likeness (QED) is 0.944. The van der Waals surface area contributed by atoms with E-state index in [1.807, 2.05) is 43.3 Å². The highest BCUT2D eigenvalue weighted by Gasteiger charge is 2.27. The predicted octanol–water partition coefficient (Wildman–Crippen LogP) is 3.09. The van der Waals surface area contributed by atoms with Crippen molar-refractivity contribution in [3.63, 3.8) is 0 Å². The monoisotopic (exact) mass is 322 g/mol. The average Bonchev–Trinajstić information content (AvgIpc) is 2.60. The molecular weight excluding hydrogens is 300 g/mol. The molecular formula is C20H22N2O2. The fourth-order valence-corrected chi connectivity index (χ4v) is 3.16. The minimum Gasteiger partial charge on any atom is -0.340 e. The number of hydrogen-bond acceptors (Lipinski definition) is 2. The van der Waals surface area contributed by atoms with Crippen molar-refractivity contribution >= 4 is 17.5 Å². The van der Waals surface area contributed by atoms with Gasteiger partial charge in [0.2, 0.25) is 5.91 Å². The molecule has 2 aromatic carbocycles. The molecule has 0 bridgehead atoms. The second kappa shape index (κ2) is 6.87. The van der Waals surface area contributed by atoms with E-state index in [4.69, 9.17) is 0 Å². The number of amides is 2. The number of hydrogen-bond donors (Lipinski definition) is 1. The van der Waals surface area contributed by atoms with E-state index in [1.54, 1.807) is 17.9 Å². The molecule has 0 fully saturated rings. The predicted molar refractivity (Wildman–Crippen MR) is 95.2 cm³/mol. The van der Waals surface area contributed by atoms with E-state index in [0.29, 0.717) is 12.1 Å². The zero-order chi connectivity index (χ0) is 17.1. The Hall–Kier alpha value is -2.62. The summed E-state index contributed by atoms with van der Waals surface area (Å²) in [5.41, 5.74) is 3.66. The van der Waals surface area contributed by atoms with Gasteiger partial charge in [0.05, 0.1) is 0 Å². The van der Waals surface area contributed by atoms with Crippen LogP contribution in [0.15, 0.2) is 48.5 Å². The third kappa shape index (κ3) is 3.18. The molecule has 0 aliphatic carbocycles. The summed E-state index contributed by atoms with van der Waals surface area (Å²) in [5, 5.41) is 2.83. The summed E-state index contributed by atoms with van der Waals surface area (Å²) in [6.45, 7) is 4.33. The first-order valence-corrected chi connectivity index (χ1v) is 8.33. The van der Waals surface area contributed by atoms with Gasteiger partial charge in [-0.05, 0) is 49.9 Å². The number of nitrogens with one attached hydrogen (secondary N) is 1. The molecule has 4 nitrogen and oxygen atoms in total. The Morgan fingerprint density at radius 1 is 1.08 bits per heavy atom. The summed E-state index contributed by atoms with van der Waals surface area (Å²) in [6.07, 6.45) is 1.94. The van der Waals surface area contributed by atoms with E-state index in [1.165, 1.54) is 5.56 Å². The van der Waals surface area contributed by atoms with Crippen molar-refractivity contribution in [1.29, 1.82) is 0 Å². The molecule has 2 amide bonds. The van der Waals surface area contributed by atoms with Crippen LogP contribution in [0.1, 0.15) is 34.8 Å². The van der Waals surface area contributed by atoms with Crippen molar-refractivity contribution in [2.75, 3.05) is 11.4 Å². The Bertz CT molecular complexity index is 770. The first kappa shape index (κ1) is 16.2. The largest absolute Gasteiger partial charge is 0.340 e. The van der Waals surface area contributed by atoms with Crippen molar-refractivity contribution in [2.24, 2.45) is 0 Å². The van der Waals surface area contributed by atoms with E-state index >= 15 is 0 Å². The molecule has 3 rings (SSSR count). The molecule has 24 heavy (non-hydrogen) atoms. The van der Waals surface area contributed by atoms with Gasteiger partial charge in [-0.2, -0.15) is 0 Å². The molecule has 1 aliphatic rings. The Labute approximate surface area is 142 Å². The smallest absolute Gasteiger partial charge is 0.252 e. The molecule has 1 heterocycles. The number of aryl methyl sites for hydroxylation is 2. The number of rotatable bonds is 3. The lowest BCUT2D eigenvalue weighted by Gasteiger charge is -2.31. The maximum absolute atomic E-state index is 12.8. The maximum atomic E-state index is 12.8. The lowest BCUT2D eigenvalue weighted by atomic mass is 10.0. The molecule has 0 aromatic heterocycles. The van der Waals surface area contributed by atoms with E-state index in [2.05, 4.69) is 11.4 Å². The van der Waals surface area contributed by atoms with Crippen molar-refractivity contribution in [2.45, 2.75) is 32.7 Å². The zero-order valence-electron chi connectivity index (χ0n) is 14.1. The molecule has 0 radical (unpaired) electrons. The van der Waals surface area contributed by atoms with Gasteiger partial charge >= 0.3 is 0 Å². The third-order valence-electron chi connectivity index (χ3n) is 4.48. The second-order valence-electron chi connectivity index (χ2n) is 6.23.